The van der Waals surface area contributed by atoms with Crippen LogP contribution in [0, 0.1) is 0 Å². The van der Waals surface area contributed by atoms with Crippen LogP contribution in [0.1, 0.15) is 16.7 Å². The number of aliphatic imine (C=N–C) groups is 1. The monoisotopic (exact) mass is 521 g/mol. The maximum Gasteiger partial charge on any atom is 0.387 e. The van der Waals surface area contributed by atoms with Crippen LogP contribution in [0.2, 0.25) is 0 Å². The van der Waals surface area contributed by atoms with E-state index in [9.17, 15) is 8.78 Å². The number of hydrogen-bond donors (Lipinski definition) is 2. The Hall–Kier alpha value is -2.14. The Morgan fingerprint density at radius 1 is 1.00 bits per heavy atom. The molecule has 0 radical (unpaired) electrons. The molecule has 0 saturated heterocycles. The fraction of sp³-hybridized carbons (Fsp3) is 0.350. The molecular weight excluding hydrogens is 495 g/mol. The predicted molar refractivity (Wildman–Crippen MR) is 119 cm³/mol. The van der Waals surface area contributed by atoms with Crippen molar-refractivity contribution in [3.05, 3.63) is 59.2 Å². The molecule has 0 aliphatic rings. The van der Waals surface area contributed by atoms with Crippen molar-refractivity contribution in [1.82, 2.24) is 10.6 Å². The van der Waals surface area contributed by atoms with Crippen molar-refractivity contribution in [3.8, 4) is 11.5 Å². The molecule has 0 bridgehead atoms. The molecule has 6 nitrogen and oxygen atoms in total. The van der Waals surface area contributed by atoms with Crippen molar-refractivity contribution in [2.45, 2.75) is 26.3 Å². The summed E-state index contributed by atoms with van der Waals surface area (Å²) < 4.78 is 40.2. The van der Waals surface area contributed by atoms with Crippen molar-refractivity contribution < 1.29 is 23.0 Å². The Morgan fingerprint density at radius 3 is 2.24 bits per heavy atom. The molecule has 0 heterocycles. The Balaban J connectivity index is 0.00000420. The van der Waals surface area contributed by atoms with Gasteiger partial charge in [-0.1, -0.05) is 24.3 Å². The van der Waals surface area contributed by atoms with Crippen LogP contribution in [0.4, 0.5) is 8.78 Å². The van der Waals surface area contributed by atoms with Crippen LogP contribution in [0.25, 0.3) is 0 Å². The van der Waals surface area contributed by atoms with Gasteiger partial charge < -0.3 is 24.8 Å². The van der Waals surface area contributed by atoms with Crippen molar-refractivity contribution in [3.63, 3.8) is 0 Å². The van der Waals surface area contributed by atoms with Gasteiger partial charge in [-0.2, -0.15) is 8.78 Å². The number of ether oxygens (including phenoxy) is 3. The second-order valence-electron chi connectivity index (χ2n) is 5.83. The van der Waals surface area contributed by atoms with Gasteiger partial charge in [-0.3, -0.25) is 4.99 Å². The maximum atomic E-state index is 12.6. The normalized spacial score (nSPS) is 11.0. The van der Waals surface area contributed by atoms with Crippen LogP contribution < -0.4 is 20.1 Å². The van der Waals surface area contributed by atoms with Gasteiger partial charge in [-0.15, -0.1) is 24.0 Å². The summed E-state index contributed by atoms with van der Waals surface area (Å²) >= 11 is 0. The smallest absolute Gasteiger partial charge is 0.387 e. The van der Waals surface area contributed by atoms with Crippen LogP contribution in [-0.2, 0) is 24.4 Å². The summed E-state index contributed by atoms with van der Waals surface area (Å²) in [6.07, 6.45) is 0. The summed E-state index contributed by atoms with van der Waals surface area (Å²) in [4.78, 5) is 4.17. The number of nitrogens with zero attached hydrogens (tertiary/aromatic N) is 1. The summed E-state index contributed by atoms with van der Waals surface area (Å²) in [5.74, 6) is 1.16. The van der Waals surface area contributed by atoms with E-state index in [1.54, 1.807) is 26.3 Å². The van der Waals surface area contributed by atoms with Crippen LogP contribution in [0.3, 0.4) is 0 Å². The van der Waals surface area contributed by atoms with E-state index < -0.39 is 6.61 Å². The Morgan fingerprint density at radius 2 is 1.66 bits per heavy atom. The molecule has 29 heavy (non-hydrogen) atoms. The lowest BCUT2D eigenvalue weighted by molar-refractivity contribution is -0.0504. The second kappa shape index (κ2) is 13.2. The highest BCUT2D eigenvalue weighted by atomic mass is 127. The summed E-state index contributed by atoms with van der Waals surface area (Å²) in [6.45, 7) is -1.61. The molecule has 0 saturated carbocycles. The summed E-state index contributed by atoms with van der Waals surface area (Å²) in [7, 11) is 4.80. The van der Waals surface area contributed by atoms with Gasteiger partial charge in [0, 0.05) is 32.8 Å². The molecule has 2 aromatic rings. The molecule has 0 atom stereocenters. The van der Waals surface area contributed by atoms with Gasteiger partial charge in [0.1, 0.15) is 11.5 Å². The minimum atomic E-state index is -2.90. The number of guanidine groups is 1. The molecule has 0 spiro atoms. The van der Waals surface area contributed by atoms with Crippen molar-refractivity contribution in [2.75, 3.05) is 21.3 Å². The highest BCUT2D eigenvalue weighted by Crippen LogP contribution is 2.25. The molecule has 2 N–H and O–H groups in total. The number of alkyl halides is 2. The van der Waals surface area contributed by atoms with E-state index in [1.165, 1.54) is 13.2 Å². The van der Waals surface area contributed by atoms with Gasteiger partial charge in [-0.05, 0) is 29.3 Å². The minimum Gasteiger partial charge on any atom is -0.497 e. The third-order valence-corrected chi connectivity index (χ3v) is 4.02. The lowest BCUT2D eigenvalue weighted by Gasteiger charge is -2.16. The zero-order valence-electron chi connectivity index (χ0n) is 16.6. The van der Waals surface area contributed by atoms with Crippen molar-refractivity contribution in [1.29, 1.82) is 0 Å². The molecule has 0 amide bonds. The van der Waals surface area contributed by atoms with Gasteiger partial charge >= 0.3 is 6.61 Å². The standard InChI is InChI=1S/C20H25F2N3O3.HI/c1-23-20(24-11-14-6-4-5-7-15(14)13-26-2)25-12-16-10-17(27-3)8-9-18(16)28-19(21)22;/h4-10,19H,11-13H2,1-3H3,(H2,23,24,25);1H. The molecule has 0 aliphatic heterocycles. The predicted octanol–water partition coefficient (Wildman–Crippen LogP) is 3.93. The first kappa shape index (κ1) is 24.9. The first-order chi connectivity index (χ1) is 13.6. The summed E-state index contributed by atoms with van der Waals surface area (Å²) in [5, 5.41) is 6.31. The molecule has 0 aliphatic carbocycles. The van der Waals surface area contributed by atoms with Crippen LogP contribution in [0.15, 0.2) is 47.5 Å². The van der Waals surface area contributed by atoms with Crippen LogP contribution in [-0.4, -0.2) is 33.8 Å². The highest BCUT2D eigenvalue weighted by Gasteiger charge is 2.12. The molecule has 0 fully saturated rings. The molecule has 160 valence electrons. The van der Waals surface area contributed by atoms with E-state index >= 15 is 0 Å². The van der Waals surface area contributed by atoms with Crippen LogP contribution in [0.5, 0.6) is 11.5 Å². The molecule has 9 heteroatoms. The number of methoxy groups -OCH3 is 2. The van der Waals surface area contributed by atoms with Crippen molar-refractivity contribution in [2.24, 2.45) is 4.99 Å². The number of benzene rings is 2. The van der Waals surface area contributed by atoms with Gasteiger partial charge in [0.2, 0.25) is 0 Å². The SMILES string of the molecule is CN=C(NCc1ccccc1COC)NCc1cc(OC)ccc1OC(F)F.I. The number of hydrogen-bond acceptors (Lipinski definition) is 4. The van der Waals surface area contributed by atoms with E-state index in [4.69, 9.17) is 9.47 Å². The third-order valence-electron chi connectivity index (χ3n) is 4.02. The van der Waals surface area contributed by atoms with E-state index in [0.29, 0.717) is 30.4 Å². The Labute approximate surface area is 186 Å². The maximum absolute atomic E-state index is 12.6. The molecule has 0 unspecified atom stereocenters. The quantitative estimate of drug-likeness (QED) is 0.298. The van der Waals surface area contributed by atoms with E-state index in [1.807, 2.05) is 24.3 Å². The van der Waals surface area contributed by atoms with Crippen LogP contribution >= 0.6 is 24.0 Å². The number of rotatable bonds is 9. The fourth-order valence-corrected chi connectivity index (χ4v) is 2.64. The molecule has 2 rings (SSSR count). The van der Waals surface area contributed by atoms with E-state index in [0.717, 1.165) is 11.1 Å². The third kappa shape index (κ3) is 8.01. The first-order valence-corrected chi connectivity index (χ1v) is 8.69. The topological polar surface area (TPSA) is 64.1 Å². The lowest BCUT2D eigenvalue weighted by atomic mass is 10.1. The zero-order chi connectivity index (χ0) is 20.4. The minimum absolute atomic E-state index is 0. The largest absolute Gasteiger partial charge is 0.497 e. The fourth-order valence-electron chi connectivity index (χ4n) is 2.64. The summed E-state index contributed by atoms with van der Waals surface area (Å²) in [5.41, 5.74) is 2.69. The highest BCUT2D eigenvalue weighted by molar-refractivity contribution is 14.0. The Bertz CT molecular complexity index is 791. The summed E-state index contributed by atoms with van der Waals surface area (Å²) in [6, 6.07) is 12.6. The lowest BCUT2D eigenvalue weighted by Crippen LogP contribution is -2.36. The second-order valence-corrected chi connectivity index (χ2v) is 5.83. The zero-order valence-corrected chi connectivity index (χ0v) is 18.9. The number of nitrogens with one attached hydrogen (secondary N) is 2. The average Bonchev–Trinajstić information content (AvgIpc) is 2.70. The average molecular weight is 521 g/mol. The Kier molecular flexibility index (Phi) is 11.3. The van der Waals surface area contributed by atoms with Gasteiger partial charge in [0.05, 0.1) is 13.7 Å². The van der Waals surface area contributed by atoms with Gasteiger partial charge in [0.15, 0.2) is 5.96 Å². The van der Waals surface area contributed by atoms with Gasteiger partial charge in [-0.25, -0.2) is 0 Å². The van der Waals surface area contributed by atoms with Gasteiger partial charge in [0.25, 0.3) is 0 Å². The van der Waals surface area contributed by atoms with Crippen molar-refractivity contribution >= 4 is 29.9 Å². The molecule has 2 aromatic carbocycles. The van der Waals surface area contributed by atoms with E-state index in [-0.39, 0.29) is 36.3 Å². The molecule has 0 aromatic heterocycles. The van der Waals surface area contributed by atoms with E-state index in [2.05, 4.69) is 20.4 Å². The molecular formula is C20H26F2IN3O3. The number of halogens is 3. The first-order valence-electron chi connectivity index (χ1n) is 8.69.